The lowest BCUT2D eigenvalue weighted by Crippen LogP contribution is -2.10. The van der Waals surface area contributed by atoms with Crippen LogP contribution in [-0.4, -0.2) is 0 Å². The molecule has 61 heavy (non-hydrogen) atoms. The molecule has 0 aliphatic carbocycles. The Morgan fingerprint density at radius 3 is 1.67 bits per heavy atom. The summed E-state index contributed by atoms with van der Waals surface area (Å²) in [4.78, 5) is 2.35. The molecule has 0 aliphatic heterocycles. The maximum Gasteiger partial charge on any atom is 0.143 e. The third-order valence-electron chi connectivity index (χ3n) is 12.1. The summed E-state index contributed by atoms with van der Waals surface area (Å²) in [7, 11) is 0. The maximum absolute atomic E-state index is 6.72. The van der Waals surface area contributed by atoms with Crippen molar-refractivity contribution in [2.75, 3.05) is 4.90 Å². The second-order valence-corrected chi connectivity index (χ2v) is 15.6. The van der Waals surface area contributed by atoms with E-state index in [0.29, 0.717) is 0 Å². The molecule has 0 atom stereocenters. The van der Waals surface area contributed by atoms with Crippen LogP contribution in [0.25, 0.3) is 99.2 Å². The molecule has 0 aliphatic rings. The number of benzene rings is 10. The molecule has 3 nitrogen and oxygen atoms in total. The molecule has 0 N–H and O–H groups in total. The van der Waals surface area contributed by atoms with Gasteiger partial charge in [-0.25, -0.2) is 0 Å². The van der Waals surface area contributed by atoms with E-state index < -0.39 is 0 Å². The van der Waals surface area contributed by atoms with Gasteiger partial charge in [0, 0.05) is 33.1 Å². The molecule has 286 valence electrons. The molecule has 2 aromatic heterocycles. The summed E-state index contributed by atoms with van der Waals surface area (Å²) >= 11 is 0. The fraction of sp³-hybridized carbons (Fsp3) is 0. The normalized spacial score (nSPS) is 11.6. The zero-order valence-electron chi connectivity index (χ0n) is 33.1. The first kappa shape index (κ1) is 34.9. The number of furan rings is 2. The minimum absolute atomic E-state index is 0.841. The lowest BCUT2D eigenvalue weighted by Gasteiger charge is -2.26. The zero-order chi connectivity index (χ0) is 40.3. The van der Waals surface area contributed by atoms with Gasteiger partial charge in [-0.05, 0) is 110 Å². The number of hydrogen-bond donors (Lipinski definition) is 0. The molecule has 12 rings (SSSR count). The van der Waals surface area contributed by atoms with Crippen molar-refractivity contribution in [1.29, 1.82) is 0 Å². The van der Waals surface area contributed by atoms with Crippen LogP contribution in [0.2, 0.25) is 0 Å². The Morgan fingerprint density at radius 1 is 0.295 bits per heavy atom. The van der Waals surface area contributed by atoms with Crippen LogP contribution in [0.5, 0.6) is 0 Å². The van der Waals surface area contributed by atoms with E-state index in [-0.39, 0.29) is 0 Å². The molecule has 0 saturated carbocycles. The number of anilines is 3. The summed E-state index contributed by atoms with van der Waals surface area (Å²) in [5.74, 6) is 0. The van der Waals surface area contributed by atoms with Gasteiger partial charge in [-0.2, -0.15) is 0 Å². The average molecular weight is 780 g/mol. The van der Waals surface area contributed by atoms with Crippen LogP contribution in [0.1, 0.15) is 0 Å². The van der Waals surface area contributed by atoms with Crippen LogP contribution in [0.3, 0.4) is 0 Å². The Labute approximate surface area is 353 Å². The van der Waals surface area contributed by atoms with Crippen molar-refractivity contribution in [3.8, 4) is 44.5 Å². The quantitative estimate of drug-likeness (QED) is 0.161. The summed E-state index contributed by atoms with van der Waals surface area (Å²) in [6, 6.07) is 79.8. The van der Waals surface area contributed by atoms with Crippen molar-refractivity contribution >= 4 is 71.7 Å². The van der Waals surface area contributed by atoms with Crippen molar-refractivity contribution < 1.29 is 8.83 Å². The van der Waals surface area contributed by atoms with Crippen molar-refractivity contribution in [2.45, 2.75) is 0 Å². The molecule has 2 heterocycles. The van der Waals surface area contributed by atoms with Gasteiger partial charge in [0.15, 0.2) is 0 Å². The monoisotopic (exact) mass is 779 g/mol. The van der Waals surface area contributed by atoms with Gasteiger partial charge in [0.1, 0.15) is 22.3 Å². The Hall–Kier alpha value is -8.14. The first-order valence-electron chi connectivity index (χ1n) is 20.7. The van der Waals surface area contributed by atoms with Crippen LogP contribution in [0, 0.1) is 0 Å². The van der Waals surface area contributed by atoms with Gasteiger partial charge in [0.05, 0.1) is 11.1 Å². The molecular formula is C58H37NO2. The van der Waals surface area contributed by atoms with Gasteiger partial charge in [0.2, 0.25) is 0 Å². The Balaban J connectivity index is 0.991. The largest absolute Gasteiger partial charge is 0.456 e. The predicted octanol–water partition coefficient (Wildman–Crippen LogP) is 16.8. The van der Waals surface area contributed by atoms with Crippen LogP contribution in [-0.2, 0) is 0 Å². The SMILES string of the molecule is c1ccc(-c2cccc(-c3ccc4c(c3)oc3cccc(N(c5ccc(-c6cccc7ccccc67)cc5)c5ccc(-c6cccc7c6oc6ccccc67)cc5)c34)c2)cc1. The van der Waals surface area contributed by atoms with Gasteiger partial charge in [-0.15, -0.1) is 0 Å². The van der Waals surface area contributed by atoms with Crippen molar-refractivity contribution in [3.63, 3.8) is 0 Å². The molecule has 0 fully saturated rings. The second kappa shape index (κ2) is 14.3. The number of rotatable bonds is 7. The number of nitrogens with zero attached hydrogens (tertiary/aromatic N) is 1. The minimum atomic E-state index is 0.841. The van der Waals surface area contributed by atoms with Gasteiger partial charge < -0.3 is 13.7 Å². The van der Waals surface area contributed by atoms with Crippen LogP contribution >= 0.6 is 0 Å². The number of fused-ring (bicyclic) bond motifs is 7. The van der Waals surface area contributed by atoms with Gasteiger partial charge in [0.25, 0.3) is 0 Å². The highest BCUT2D eigenvalue weighted by atomic mass is 16.3. The molecule has 0 saturated heterocycles. The lowest BCUT2D eigenvalue weighted by molar-refractivity contribution is 0.669. The van der Waals surface area contributed by atoms with Gasteiger partial charge >= 0.3 is 0 Å². The first-order chi connectivity index (χ1) is 30.2. The molecule has 0 bridgehead atoms. The number of hydrogen-bond acceptors (Lipinski definition) is 3. The molecule has 0 amide bonds. The highest BCUT2D eigenvalue weighted by Crippen LogP contribution is 2.45. The molecule has 0 unspecified atom stereocenters. The van der Waals surface area contributed by atoms with E-state index in [9.17, 15) is 0 Å². The van der Waals surface area contributed by atoms with E-state index in [0.717, 1.165) is 83.2 Å². The molecule has 0 radical (unpaired) electrons. The third-order valence-corrected chi connectivity index (χ3v) is 12.1. The van der Waals surface area contributed by atoms with Crippen LogP contribution < -0.4 is 4.90 Å². The fourth-order valence-corrected chi connectivity index (χ4v) is 9.14. The molecule has 12 aromatic rings. The lowest BCUT2D eigenvalue weighted by atomic mass is 9.97. The van der Waals surface area contributed by atoms with E-state index in [2.05, 4.69) is 217 Å². The second-order valence-electron chi connectivity index (χ2n) is 15.6. The maximum atomic E-state index is 6.72. The average Bonchev–Trinajstić information content (AvgIpc) is 3.91. The highest BCUT2D eigenvalue weighted by Gasteiger charge is 2.21. The topological polar surface area (TPSA) is 29.5 Å². The minimum Gasteiger partial charge on any atom is -0.456 e. The molecule has 10 aromatic carbocycles. The summed E-state index contributed by atoms with van der Waals surface area (Å²) in [5.41, 5.74) is 15.8. The highest BCUT2D eigenvalue weighted by molar-refractivity contribution is 6.14. The van der Waals surface area contributed by atoms with E-state index in [4.69, 9.17) is 8.83 Å². The van der Waals surface area contributed by atoms with Crippen molar-refractivity contribution in [3.05, 3.63) is 224 Å². The van der Waals surface area contributed by atoms with Gasteiger partial charge in [-0.3, -0.25) is 0 Å². The van der Waals surface area contributed by atoms with E-state index in [1.165, 1.54) is 33.0 Å². The molecule has 3 heteroatoms. The fourth-order valence-electron chi connectivity index (χ4n) is 9.14. The van der Waals surface area contributed by atoms with E-state index in [1.807, 2.05) is 12.1 Å². The Kier molecular flexibility index (Phi) is 8.17. The summed E-state index contributed by atoms with van der Waals surface area (Å²) in [6.45, 7) is 0. The third kappa shape index (κ3) is 5.98. The summed E-state index contributed by atoms with van der Waals surface area (Å²) in [6.07, 6.45) is 0. The van der Waals surface area contributed by atoms with Crippen molar-refractivity contribution in [1.82, 2.24) is 0 Å². The molecular weight excluding hydrogens is 743 g/mol. The summed E-state index contributed by atoms with van der Waals surface area (Å²) < 4.78 is 13.2. The van der Waals surface area contributed by atoms with Crippen LogP contribution in [0.4, 0.5) is 17.1 Å². The number of para-hydroxylation sites is 2. The molecule has 0 spiro atoms. The Morgan fingerprint density at radius 2 is 0.852 bits per heavy atom. The van der Waals surface area contributed by atoms with E-state index >= 15 is 0 Å². The summed E-state index contributed by atoms with van der Waals surface area (Å²) in [5, 5.41) is 6.86. The van der Waals surface area contributed by atoms with Crippen molar-refractivity contribution in [2.24, 2.45) is 0 Å². The van der Waals surface area contributed by atoms with Crippen LogP contribution in [0.15, 0.2) is 233 Å². The van der Waals surface area contributed by atoms with E-state index in [1.54, 1.807) is 0 Å². The predicted molar refractivity (Wildman–Crippen MR) is 255 cm³/mol. The Bertz CT molecular complexity index is 3570. The standard InChI is InChI=1S/C58H37NO2/c1-2-12-38(13-3-1)42-16-8-17-43(36-42)44-30-35-52-56(37-44)60-55-25-11-23-53(57(52)55)59(45-31-26-40(27-32-45)48-20-9-15-39-14-4-5-18-47(39)48)46-33-28-41(29-34-46)49-21-10-22-51-50-19-6-7-24-54(50)61-58(49)51/h1-37H. The first-order valence-corrected chi connectivity index (χ1v) is 20.7. The van der Waals surface area contributed by atoms with Gasteiger partial charge in [-0.1, -0.05) is 164 Å². The smallest absolute Gasteiger partial charge is 0.143 e. The zero-order valence-corrected chi connectivity index (χ0v) is 33.1.